The third-order valence-electron chi connectivity index (χ3n) is 2.52. The normalized spacial score (nSPS) is 10.3. The van der Waals surface area contributed by atoms with Gasteiger partial charge < -0.3 is 5.11 Å². The summed E-state index contributed by atoms with van der Waals surface area (Å²) in [5.41, 5.74) is 0.344. The molecule has 2 aromatic carbocycles. The van der Waals surface area contributed by atoms with Crippen LogP contribution in [0, 0.1) is 0 Å². The average molecular weight is 214 g/mol. The molecule has 0 fully saturated rings. The fraction of sp³-hybridized carbons (Fsp3) is 0.0769. The summed E-state index contributed by atoms with van der Waals surface area (Å²) >= 11 is 0. The molecule has 0 aromatic heterocycles. The van der Waals surface area contributed by atoms with Crippen molar-refractivity contribution in [3.63, 3.8) is 0 Å². The number of hydrogen-bond acceptors (Lipinski definition) is 2. The lowest BCUT2D eigenvalue weighted by Gasteiger charge is -2.06. The molecule has 0 heterocycles. The molecule has 1 N–H and O–H groups in total. The van der Waals surface area contributed by atoms with E-state index in [-0.39, 0.29) is 16.9 Å². The van der Waals surface area contributed by atoms with Crippen molar-refractivity contribution >= 4 is 22.5 Å². The number of benzene rings is 2. The van der Waals surface area contributed by atoms with Gasteiger partial charge in [0.05, 0.1) is 5.56 Å². The summed E-state index contributed by atoms with van der Waals surface area (Å²) in [6.45, 7) is 1.37. The lowest BCUT2D eigenvalue weighted by molar-refractivity contribution is 0.0694. The van der Waals surface area contributed by atoms with Crippen LogP contribution in [0.5, 0.6) is 0 Å². The summed E-state index contributed by atoms with van der Waals surface area (Å²) in [6, 6.07) is 10.5. The number of ketones is 1. The Morgan fingerprint density at radius 2 is 1.75 bits per heavy atom. The molecule has 16 heavy (non-hydrogen) atoms. The Bertz CT molecular complexity index is 585. The third kappa shape index (κ3) is 1.56. The Hall–Kier alpha value is -2.16. The molecule has 3 nitrogen and oxygen atoms in total. The molecule has 0 saturated carbocycles. The molecule has 80 valence electrons. The largest absolute Gasteiger partial charge is 0.478 e. The number of carboxylic acid groups (broad SMARTS) is 1. The van der Waals surface area contributed by atoms with Crippen LogP contribution in [0.15, 0.2) is 36.4 Å². The van der Waals surface area contributed by atoms with Gasteiger partial charge in [-0.1, -0.05) is 30.3 Å². The molecule has 0 aliphatic rings. The second kappa shape index (κ2) is 3.77. The van der Waals surface area contributed by atoms with Crippen molar-refractivity contribution in [1.29, 1.82) is 0 Å². The Labute approximate surface area is 92.3 Å². The van der Waals surface area contributed by atoms with Crippen LogP contribution in [0.25, 0.3) is 10.8 Å². The van der Waals surface area contributed by atoms with Crippen LogP contribution in [-0.2, 0) is 0 Å². The van der Waals surface area contributed by atoms with Crippen LogP contribution >= 0.6 is 0 Å². The second-order valence-electron chi connectivity index (χ2n) is 3.57. The van der Waals surface area contributed by atoms with Crippen molar-refractivity contribution in [2.75, 3.05) is 0 Å². The van der Waals surface area contributed by atoms with Crippen molar-refractivity contribution in [2.24, 2.45) is 0 Å². The quantitative estimate of drug-likeness (QED) is 0.782. The number of hydrogen-bond donors (Lipinski definition) is 1. The number of Topliss-reactive ketones (excluding diaryl/α,β-unsaturated/α-hetero) is 1. The maximum Gasteiger partial charge on any atom is 0.337 e. The van der Waals surface area contributed by atoms with Crippen molar-refractivity contribution in [1.82, 2.24) is 0 Å². The second-order valence-corrected chi connectivity index (χ2v) is 3.57. The first-order chi connectivity index (χ1) is 7.61. The zero-order valence-corrected chi connectivity index (χ0v) is 8.73. The Morgan fingerprint density at radius 3 is 2.38 bits per heavy atom. The van der Waals surface area contributed by atoms with E-state index in [1.165, 1.54) is 6.92 Å². The fourth-order valence-electron chi connectivity index (χ4n) is 1.80. The molecule has 0 unspecified atom stereocenters. The van der Waals surface area contributed by atoms with E-state index in [1.54, 1.807) is 24.3 Å². The number of carbonyl (C=O) groups is 2. The van der Waals surface area contributed by atoms with Crippen molar-refractivity contribution < 1.29 is 14.7 Å². The number of aromatic carboxylic acids is 1. The minimum Gasteiger partial charge on any atom is -0.478 e. The number of rotatable bonds is 2. The van der Waals surface area contributed by atoms with Crippen LogP contribution in [0.4, 0.5) is 0 Å². The molecule has 2 rings (SSSR count). The topological polar surface area (TPSA) is 54.4 Å². The smallest absolute Gasteiger partial charge is 0.337 e. The minimum atomic E-state index is -1.07. The molecule has 0 atom stereocenters. The van der Waals surface area contributed by atoms with Crippen molar-refractivity contribution in [3.05, 3.63) is 47.5 Å². The zero-order chi connectivity index (χ0) is 11.7. The predicted molar refractivity (Wildman–Crippen MR) is 60.9 cm³/mol. The highest BCUT2D eigenvalue weighted by atomic mass is 16.4. The zero-order valence-electron chi connectivity index (χ0n) is 8.73. The Kier molecular flexibility index (Phi) is 2.44. The summed E-state index contributed by atoms with van der Waals surface area (Å²) in [6.07, 6.45) is 0. The van der Waals surface area contributed by atoms with E-state index in [1.807, 2.05) is 12.1 Å². The molecule has 2 aromatic rings. The number of carboxylic acids is 1. The standard InChI is InChI=1S/C13H10O3/c1-8(14)10-7-6-9-4-2-3-5-11(9)12(10)13(15)16/h2-7H,1H3,(H,15,16). The van der Waals surface area contributed by atoms with Crippen LogP contribution in [0.1, 0.15) is 27.6 Å². The van der Waals surface area contributed by atoms with Crippen LogP contribution in [0.3, 0.4) is 0 Å². The van der Waals surface area contributed by atoms with Crippen LogP contribution in [-0.4, -0.2) is 16.9 Å². The number of carbonyl (C=O) groups excluding carboxylic acids is 1. The summed E-state index contributed by atoms with van der Waals surface area (Å²) in [5, 5.41) is 10.6. The van der Waals surface area contributed by atoms with Crippen LogP contribution < -0.4 is 0 Å². The van der Waals surface area contributed by atoms with E-state index < -0.39 is 5.97 Å². The van der Waals surface area contributed by atoms with E-state index in [0.717, 1.165) is 5.39 Å². The minimum absolute atomic E-state index is 0.0885. The van der Waals surface area contributed by atoms with Gasteiger partial charge in [-0.3, -0.25) is 4.79 Å². The molecule has 0 radical (unpaired) electrons. The highest BCUT2D eigenvalue weighted by molar-refractivity contribution is 6.13. The fourth-order valence-corrected chi connectivity index (χ4v) is 1.80. The first-order valence-corrected chi connectivity index (χ1v) is 4.87. The van der Waals surface area contributed by atoms with Gasteiger partial charge in [-0.05, 0) is 23.8 Å². The molecule has 0 amide bonds. The molecular formula is C13H10O3. The van der Waals surface area contributed by atoms with Gasteiger partial charge in [-0.15, -0.1) is 0 Å². The van der Waals surface area contributed by atoms with E-state index in [2.05, 4.69) is 0 Å². The van der Waals surface area contributed by atoms with Gasteiger partial charge in [0.25, 0.3) is 0 Å². The van der Waals surface area contributed by atoms with Crippen molar-refractivity contribution in [3.8, 4) is 0 Å². The lowest BCUT2D eigenvalue weighted by Crippen LogP contribution is -2.06. The molecule has 0 aliphatic carbocycles. The molecular weight excluding hydrogens is 204 g/mol. The summed E-state index contributed by atoms with van der Waals surface area (Å²) in [7, 11) is 0. The molecule has 3 heteroatoms. The highest BCUT2D eigenvalue weighted by Crippen LogP contribution is 2.22. The lowest BCUT2D eigenvalue weighted by atomic mass is 9.97. The third-order valence-corrected chi connectivity index (χ3v) is 2.52. The summed E-state index contributed by atoms with van der Waals surface area (Å²) in [4.78, 5) is 22.5. The SMILES string of the molecule is CC(=O)c1ccc2ccccc2c1C(=O)O. The Morgan fingerprint density at radius 1 is 1.06 bits per heavy atom. The molecule has 0 spiro atoms. The van der Waals surface area contributed by atoms with Gasteiger partial charge in [0.2, 0.25) is 0 Å². The van der Waals surface area contributed by atoms with Gasteiger partial charge in [0.1, 0.15) is 0 Å². The Balaban J connectivity index is 2.90. The van der Waals surface area contributed by atoms with Gasteiger partial charge >= 0.3 is 5.97 Å². The van der Waals surface area contributed by atoms with Gasteiger partial charge in [0, 0.05) is 5.56 Å². The molecule has 0 aliphatic heterocycles. The van der Waals surface area contributed by atoms with E-state index >= 15 is 0 Å². The first-order valence-electron chi connectivity index (χ1n) is 4.87. The first kappa shape index (κ1) is 10.4. The van der Waals surface area contributed by atoms with Gasteiger partial charge in [0.15, 0.2) is 5.78 Å². The average Bonchev–Trinajstić information content (AvgIpc) is 2.27. The van der Waals surface area contributed by atoms with E-state index in [0.29, 0.717) is 5.39 Å². The summed E-state index contributed by atoms with van der Waals surface area (Å²) < 4.78 is 0. The van der Waals surface area contributed by atoms with Crippen molar-refractivity contribution in [2.45, 2.75) is 6.92 Å². The van der Waals surface area contributed by atoms with Gasteiger partial charge in [-0.25, -0.2) is 4.79 Å². The van der Waals surface area contributed by atoms with Gasteiger partial charge in [-0.2, -0.15) is 0 Å². The maximum atomic E-state index is 11.4. The monoisotopic (exact) mass is 214 g/mol. The van der Waals surface area contributed by atoms with E-state index in [4.69, 9.17) is 5.11 Å². The predicted octanol–water partition coefficient (Wildman–Crippen LogP) is 2.74. The molecule has 0 saturated heterocycles. The van der Waals surface area contributed by atoms with Crippen LogP contribution in [0.2, 0.25) is 0 Å². The summed E-state index contributed by atoms with van der Waals surface area (Å²) in [5.74, 6) is -1.30. The maximum absolute atomic E-state index is 11.4. The number of fused-ring (bicyclic) bond motifs is 1. The molecule has 0 bridgehead atoms. The highest BCUT2D eigenvalue weighted by Gasteiger charge is 2.16. The van der Waals surface area contributed by atoms with E-state index in [9.17, 15) is 9.59 Å².